The number of hydrogen-bond acceptors (Lipinski definition) is 6. The van der Waals surface area contributed by atoms with Crippen molar-refractivity contribution in [1.82, 2.24) is 10.0 Å². The molecular formula is C24H43N7. The minimum Gasteiger partial charge on any atom is -0.378 e. The summed E-state index contributed by atoms with van der Waals surface area (Å²) in [6.45, 7) is 15.1. The Morgan fingerprint density at radius 2 is 1.84 bits per heavy atom. The van der Waals surface area contributed by atoms with Crippen molar-refractivity contribution in [1.29, 1.82) is 0 Å². The molecule has 0 aliphatic rings. The first-order chi connectivity index (χ1) is 14.6. The summed E-state index contributed by atoms with van der Waals surface area (Å²) in [7, 11) is 8.04. The lowest BCUT2D eigenvalue weighted by Crippen LogP contribution is -2.35. The van der Waals surface area contributed by atoms with Gasteiger partial charge in [0.25, 0.3) is 0 Å². The van der Waals surface area contributed by atoms with Crippen LogP contribution in [0.15, 0.2) is 51.4 Å². The van der Waals surface area contributed by atoms with Crippen LogP contribution < -0.4 is 10.2 Å². The number of nitrogens with zero attached hydrogens (tertiary/aromatic N) is 6. The van der Waals surface area contributed by atoms with Crippen LogP contribution in [-0.2, 0) is 0 Å². The van der Waals surface area contributed by atoms with E-state index in [1.807, 2.05) is 24.1 Å². The van der Waals surface area contributed by atoms with E-state index >= 15 is 0 Å². The quantitative estimate of drug-likeness (QED) is 0.204. The van der Waals surface area contributed by atoms with Crippen LogP contribution in [0.4, 0.5) is 11.4 Å². The molecule has 0 aliphatic carbocycles. The monoisotopic (exact) mass is 429 g/mol. The zero-order valence-electron chi connectivity index (χ0n) is 21.0. The minimum atomic E-state index is 0.0987. The topological polar surface area (TPSA) is 58.8 Å². The molecule has 0 heterocycles. The van der Waals surface area contributed by atoms with Gasteiger partial charge in [-0.05, 0) is 52.3 Å². The fraction of sp³-hybridized carbons (Fsp3) is 0.625. The van der Waals surface area contributed by atoms with E-state index in [2.05, 4.69) is 111 Å². The standard InChI is InChI=1S/C24H43N7/c1-11-18(2)24(26-22-13-12-14-23(17-22)29(7)8)15-16-30(9)28-27-20(4)19(3)21(5)31(10)25-6/h11-14,17,19-21,24,26H,6,15-16H2,1-5,7-10H3/b18-11+,28-27-/t19-,20?,21+,24?/m1/s1. The van der Waals surface area contributed by atoms with E-state index in [1.54, 1.807) is 0 Å². The molecule has 0 amide bonds. The van der Waals surface area contributed by atoms with E-state index in [-0.39, 0.29) is 18.1 Å². The second kappa shape index (κ2) is 13.0. The predicted octanol–water partition coefficient (Wildman–Crippen LogP) is 5.15. The molecule has 0 saturated carbocycles. The second-order valence-corrected chi connectivity index (χ2v) is 8.60. The minimum absolute atomic E-state index is 0.0987. The van der Waals surface area contributed by atoms with E-state index in [9.17, 15) is 0 Å². The highest BCUT2D eigenvalue weighted by Gasteiger charge is 2.22. The van der Waals surface area contributed by atoms with E-state index in [0.717, 1.165) is 18.7 Å². The first kappa shape index (κ1) is 26.5. The Kier molecular flexibility index (Phi) is 11.1. The van der Waals surface area contributed by atoms with Crippen LogP contribution in [0.5, 0.6) is 0 Å². The number of rotatable bonds is 13. The normalized spacial score (nSPS) is 15.8. The summed E-state index contributed by atoms with van der Waals surface area (Å²) in [5, 5.41) is 20.5. The maximum Gasteiger partial charge on any atom is 0.0747 e. The number of allylic oxidation sites excluding steroid dienone is 1. The molecule has 0 fully saturated rings. The van der Waals surface area contributed by atoms with Crippen LogP contribution in [0.2, 0.25) is 0 Å². The smallest absolute Gasteiger partial charge is 0.0747 e. The molecule has 1 aromatic carbocycles. The molecule has 0 aromatic heterocycles. The molecule has 0 aliphatic heterocycles. The zero-order valence-corrected chi connectivity index (χ0v) is 21.0. The van der Waals surface area contributed by atoms with Gasteiger partial charge in [-0.15, -0.1) is 0 Å². The summed E-state index contributed by atoms with van der Waals surface area (Å²) in [4.78, 5) is 2.11. The van der Waals surface area contributed by atoms with E-state index in [0.29, 0.717) is 5.92 Å². The first-order valence-corrected chi connectivity index (χ1v) is 11.1. The Hall–Kier alpha value is -2.57. The molecule has 1 aromatic rings. The third kappa shape index (κ3) is 8.59. The van der Waals surface area contributed by atoms with Crippen molar-refractivity contribution < 1.29 is 0 Å². The molecule has 1 rings (SSSR count). The van der Waals surface area contributed by atoms with Crippen LogP contribution in [-0.4, -0.2) is 69.6 Å². The second-order valence-electron chi connectivity index (χ2n) is 8.60. The van der Waals surface area contributed by atoms with E-state index in [4.69, 9.17) is 0 Å². The van der Waals surface area contributed by atoms with Crippen LogP contribution >= 0.6 is 0 Å². The molecular weight excluding hydrogens is 386 g/mol. The molecule has 7 heteroatoms. The average Bonchev–Trinajstić information content (AvgIpc) is 2.77. The van der Waals surface area contributed by atoms with Crippen LogP contribution in [0, 0.1) is 5.92 Å². The summed E-state index contributed by atoms with van der Waals surface area (Å²) in [6.07, 6.45) is 3.10. The van der Waals surface area contributed by atoms with Gasteiger partial charge in [0.2, 0.25) is 0 Å². The van der Waals surface area contributed by atoms with Crippen molar-refractivity contribution in [3.8, 4) is 0 Å². The molecule has 0 bridgehead atoms. The molecule has 0 radical (unpaired) electrons. The number of anilines is 2. The van der Waals surface area contributed by atoms with Gasteiger partial charge >= 0.3 is 0 Å². The molecule has 31 heavy (non-hydrogen) atoms. The number of nitrogens with one attached hydrogen (secondary N) is 1. The number of hydrogen-bond donors (Lipinski definition) is 1. The van der Waals surface area contributed by atoms with Crippen LogP contribution in [0.1, 0.15) is 41.0 Å². The largest absolute Gasteiger partial charge is 0.378 e. The van der Waals surface area contributed by atoms with E-state index < -0.39 is 0 Å². The third-order valence-corrected chi connectivity index (χ3v) is 6.17. The SMILES string of the molecule is C=NN(C)[C@@H](C)[C@H](C)C(C)/N=N\N(C)CCC(Nc1cccc(N(C)C)c1)/C(C)=C/C. The van der Waals surface area contributed by atoms with Gasteiger partial charge in [0, 0.05) is 70.8 Å². The van der Waals surface area contributed by atoms with Gasteiger partial charge in [0.05, 0.1) is 6.04 Å². The molecule has 0 saturated heterocycles. The molecule has 2 unspecified atom stereocenters. The van der Waals surface area contributed by atoms with Gasteiger partial charge < -0.3 is 10.2 Å². The summed E-state index contributed by atoms with van der Waals surface area (Å²) in [5.74, 6) is 0.316. The van der Waals surface area contributed by atoms with Gasteiger partial charge in [-0.25, -0.2) is 0 Å². The van der Waals surface area contributed by atoms with Crippen molar-refractivity contribution in [2.24, 2.45) is 21.4 Å². The summed E-state index contributed by atoms with van der Waals surface area (Å²) >= 11 is 0. The molecule has 0 spiro atoms. The van der Waals surface area contributed by atoms with Crippen LogP contribution in [0.25, 0.3) is 0 Å². The molecule has 1 N–H and O–H groups in total. The molecule has 174 valence electrons. The Morgan fingerprint density at radius 3 is 2.42 bits per heavy atom. The van der Waals surface area contributed by atoms with Crippen molar-refractivity contribution in [3.63, 3.8) is 0 Å². The molecule has 4 atom stereocenters. The van der Waals surface area contributed by atoms with Crippen molar-refractivity contribution in [3.05, 3.63) is 35.9 Å². The Balaban J connectivity index is 2.71. The van der Waals surface area contributed by atoms with Gasteiger partial charge in [-0.3, -0.25) is 10.0 Å². The zero-order chi connectivity index (χ0) is 23.6. The van der Waals surface area contributed by atoms with Gasteiger partial charge in [0.15, 0.2) is 0 Å². The third-order valence-electron chi connectivity index (χ3n) is 6.17. The maximum atomic E-state index is 4.54. The number of hydrazone groups is 1. The summed E-state index contributed by atoms with van der Waals surface area (Å²) in [5.41, 5.74) is 3.62. The van der Waals surface area contributed by atoms with Crippen molar-refractivity contribution in [2.75, 3.05) is 45.0 Å². The highest BCUT2D eigenvalue weighted by molar-refractivity contribution is 5.58. The predicted molar refractivity (Wildman–Crippen MR) is 135 cm³/mol. The Labute approximate surface area is 189 Å². The first-order valence-electron chi connectivity index (χ1n) is 11.1. The fourth-order valence-corrected chi connectivity index (χ4v) is 3.20. The van der Waals surface area contributed by atoms with Gasteiger partial charge in [0.1, 0.15) is 0 Å². The van der Waals surface area contributed by atoms with Crippen molar-refractivity contribution >= 4 is 18.1 Å². The lowest BCUT2D eigenvalue weighted by atomic mass is 9.96. The summed E-state index contributed by atoms with van der Waals surface area (Å²) in [6, 6.07) is 9.09. The average molecular weight is 430 g/mol. The molecule has 7 nitrogen and oxygen atoms in total. The maximum absolute atomic E-state index is 4.54. The van der Waals surface area contributed by atoms with E-state index in [1.165, 1.54) is 11.3 Å². The fourth-order valence-electron chi connectivity index (χ4n) is 3.20. The Bertz CT molecular complexity index is 728. The number of benzene rings is 1. The highest BCUT2D eigenvalue weighted by atomic mass is 15.5. The highest BCUT2D eigenvalue weighted by Crippen LogP contribution is 2.21. The van der Waals surface area contributed by atoms with Crippen molar-refractivity contribution in [2.45, 2.75) is 59.2 Å². The Morgan fingerprint density at radius 1 is 1.16 bits per heavy atom. The van der Waals surface area contributed by atoms with Gasteiger partial charge in [-0.2, -0.15) is 10.2 Å². The lowest BCUT2D eigenvalue weighted by molar-refractivity contribution is 0.186. The lowest BCUT2D eigenvalue weighted by Gasteiger charge is -2.29. The summed E-state index contributed by atoms with van der Waals surface area (Å²) < 4.78 is 0. The van der Waals surface area contributed by atoms with Crippen LogP contribution in [0.3, 0.4) is 0 Å². The van der Waals surface area contributed by atoms with Gasteiger partial charge in [-0.1, -0.05) is 29.9 Å².